The maximum absolute atomic E-state index is 13.8. The van der Waals surface area contributed by atoms with Crippen LogP contribution in [0.15, 0.2) is 34.4 Å². The fourth-order valence-electron chi connectivity index (χ4n) is 6.55. The Morgan fingerprint density at radius 1 is 0.694 bits per heavy atom. The normalized spacial score (nSPS) is 21.0. The van der Waals surface area contributed by atoms with Gasteiger partial charge in [0.2, 0.25) is 0 Å². The average Bonchev–Trinajstić information content (AvgIpc) is 2.62. The Labute approximate surface area is 219 Å². The molecule has 198 valence electrons. The van der Waals surface area contributed by atoms with Gasteiger partial charge in [0.1, 0.15) is 5.75 Å². The number of aromatic hydroxyl groups is 1. The molecule has 1 N–H and O–H groups in total. The average molecular weight is 493 g/mol. The third-order valence-electron chi connectivity index (χ3n) is 7.95. The molecule has 0 amide bonds. The summed E-state index contributed by atoms with van der Waals surface area (Å²) in [6.45, 7) is 25.4. The van der Waals surface area contributed by atoms with Crippen molar-refractivity contribution >= 4 is 11.6 Å². The van der Waals surface area contributed by atoms with Crippen LogP contribution in [0.2, 0.25) is 0 Å². The fraction of sp³-hybridized carbons (Fsp3) is 0.636. The van der Waals surface area contributed by atoms with Gasteiger partial charge in [-0.15, -0.1) is 0 Å². The number of Topliss-reactive ketones (excluding diaryl/α,β-unsaturated/α-hetero) is 2. The fourth-order valence-corrected chi connectivity index (χ4v) is 6.55. The Balaban J connectivity index is 2.44. The lowest BCUT2D eigenvalue weighted by Crippen LogP contribution is -2.33. The second kappa shape index (κ2) is 8.99. The second-order valence-corrected chi connectivity index (χ2v) is 15.2. The number of carbonyl (C=O) groups excluding carboxylic acids is 2. The highest BCUT2D eigenvalue weighted by Gasteiger charge is 2.42. The van der Waals surface area contributed by atoms with Gasteiger partial charge >= 0.3 is 0 Å². The molecule has 0 spiro atoms. The van der Waals surface area contributed by atoms with Crippen molar-refractivity contribution in [1.82, 2.24) is 0 Å². The van der Waals surface area contributed by atoms with E-state index in [1.54, 1.807) is 0 Å². The van der Waals surface area contributed by atoms with Gasteiger partial charge in [-0.2, -0.15) is 0 Å². The molecular weight excluding hydrogens is 444 g/mol. The van der Waals surface area contributed by atoms with E-state index >= 15 is 0 Å². The molecule has 1 aromatic rings. The van der Waals surface area contributed by atoms with E-state index in [0.717, 1.165) is 51.8 Å². The smallest absolute Gasteiger partial charge is 0.160 e. The number of carbonyl (C=O) groups is 2. The zero-order valence-electron chi connectivity index (χ0n) is 24.8. The first-order valence-electron chi connectivity index (χ1n) is 13.5. The van der Waals surface area contributed by atoms with Crippen LogP contribution in [0.3, 0.4) is 0 Å². The topological polar surface area (TPSA) is 54.4 Å². The zero-order chi connectivity index (χ0) is 27.6. The van der Waals surface area contributed by atoms with Crippen LogP contribution in [-0.4, -0.2) is 16.7 Å². The number of hydrogen-bond donors (Lipinski definition) is 1. The first-order valence-corrected chi connectivity index (χ1v) is 13.5. The Morgan fingerprint density at radius 2 is 1.03 bits per heavy atom. The zero-order valence-corrected chi connectivity index (χ0v) is 24.8. The van der Waals surface area contributed by atoms with Gasteiger partial charge in [-0.25, -0.2) is 0 Å². The van der Waals surface area contributed by atoms with Gasteiger partial charge < -0.3 is 5.11 Å². The maximum atomic E-state index is 13.8. The van der Waals surface area contributed by atoms with E-state index < -0.39 is 5.92 Å². The Bertz CT molecular complexity index is 1070. The van der Waals surface area contributed by atoms with Crippen LogP contribution in [0.4, 0.5) is 0 Å². The molecule has 0 unspecified atom stereocenters. The number of rotatable bonds is 3. The summed E-state index contributed by atoms with van der Waals surface area (Å²) in [7, 11) is 0. The predicted octanol–water partition coefficient (Wildman–Crippen LogP) is 8.48. The van der Waals surface area contributed by atoms with E-state index in [1.165, 1.54) is 0 Å². The van der Waals surface area contributed by atoms with Crippen molar-refractivity contribution in [1.29, 1.82) is 0 Å². The van der Waals surface area contributed by atoms with Crippen LogP contribution in [0.5, 0.6) is 5.75 Å². The summed E-state index contributed by atoms with van der Waals surface area (Å²) in [5, 5.41) is 11.4. The number of phenols is 1. The van der Waals surface area contributed by atoms with Crippen molar-refractivity contribution in [3.05, 3.63) is 51.1 Å². The van der Waals surface area contributed by atoms with Crippen LogP contribution in [0.1, 0.15) is 131 Å². The number of ketones is 2. The lowest BCUT2D eigenvalue weighted by Gasteiger charge is -2.39. The third-order valence-corrected chi connectivity index (χ3v) is 7.95. The van der Waals surface area contributed by atoms with E-state index in [-0.39, 0.29) is 33.2 Å². The SMILES string of the molecule is CC1=C(C(C2=C(C)CC(C)(C)CC2=O)c2cc(C(C)(C)C)c(O)c(C(C)(C)C)c2)C(=O)CC(C)(C)C1. The molecule has 1 aromatic carbocycles. The van der Waals surface area contributed by atoms with Crippen LogP contribution < -0.4 is 0 Å². The number of hydrogen-bond acceptors (Lipinski definition) is 3. The second-order valence-electron chi connectivity index (χ2n) is 15.2. The molecule has 0 radical (unpaired) electrons. The van der Waals surface area contributed by atoms with Crippen LogP contribution in [0, 0.1) is 10.8 Å². The van der Waals surface area contributed by atoms with E-state index in [4.69, 9.17) is 0 Å². The van der Waals surface area contributed by atoms with E-state index in [0.29, 0.717) is 18.6 Å². The largest absolute Gasteiger partial charge is 0.507 e. The van der Waals surface area contributed by atoms with Gasteiger partial charge in [-0.05, 0) is 65.0 Å². The van der Waals surface area contributed by atoms with Gasteiger partial charge in [0, 0.05) is 29.9 Å². The van der Waals surface area contributed by atoms with Gasteiger partial charge in [-0.1, -0.05) is 92.5 Å². The summed E-state index contributed by atoms with van der Waals surface area (Å²) in [6.07, 6.45) is 2.65. The van der Waals surface area contributed by atoms with Crippen LogP contribution in [0.25, 0.3) is 0 Å². The molecule has 0 saturated carbocycles. The van der Waals surface area contributed by atoms with Crippen LogP contribution in [-0.2, 0) is 20.4 Å². The molecule has 0 bridgehead atoms. The Morgan fingerprint density at radius 3 is 1.31 bits per heavy atom. The number of allylic oxidation sites excluding steroid dienone is 4. The first-order chi connectivity index (χ1) is 16.1. The minimum Gasteiger partial charge on any atom is -0.507 e. The molecule has 3 heteroatoms. The van der Waals surface area contributed by atoms with Gasteiger partial charge in [0.15, 0.2) is 11.6 Å². The molecule has 0 saturated heterocycles. The van der Waals surface area contributed by atoms with Gasteiger partial charge in [0.05, 0.1) is 0 Å². The molecule has 0 heterocycles. The molecule has 0 aliphatic heterocycles. The molecule has 0 aromatic heterocycles. The van der Waals surface area contributed by atoms with Crippen LogP contribution >= 0.6 is 0 Å². The summed E-state index contributed by atoms with van der Waals surface area (Å²) >= 11 is 0. The third kappa shape index (κ3) is 5.55. The monoisotopic (exact) mass is 492 g/mol. The van der Waals surface area contributed by atoms with Crippen molar-refractivity contribution in [3.8, 4) is 5.75 Å². The Kier molecular flexibility index (Phi) is 7.10. The number of phenolic OH excluding ortho intramolecular Hbond substituents is 1. The molecule has 2 aliphatic carbocycles. The maximum Gasteiger partial charge on any atom is 0.160 e. The van der Waals surface area contributed by atoms with Crippen molar-refractivity contribution in [2.24, 2.45) is 10.8 Å². The van der Waals surface area contributed by atoms with Crippen molar-refractivity contribution in [2.75, 3.05) is 0 Å². The summed E-state index contributed by atoms with van der Waals surface area (Å²) in [4.78, 5) is 27.6. The highest BCUT2D eigenvalue weighted by atomic mass is 16.3. The van der Waals surface area contributed by atoms with E-state index in [1.807, 2.05) is 0 Å². The minimum absolute atomic E-state index is 0.0840. The predicted molar refractivity (Wildman–Crippen MR) is 150 cm³/mol. The first kappa shape index (κ1) is 28.4. The van der Waals surface area contributed by atoms with E-state index in [2.05, 4.69) is 95.2 Å². The molecule has 36 heavy (non-hydrogen) atoms. The molecule has 0 atom stereocenters. The molecule has 0 fully saturated rings. The lowest BCUT2D eigenvalue weighted by molar-refractivity contribution is -0.118. The minimum atomic E-state index is -0.403. The highest BCUT2D eigenvalue weighted by Crippen LogP contribution is 2.50. The lowest BCUT2D eigenvalue weighted by atomic mass is 9.64. The molecule has 2 aliphatic rings. The standard InChI is InChI=1S/C33H48O3/c1-19-15-32(9,10)17-24(34)26(19)28(27-20(2)16-33(11,12)18-25(27)35)21-13-22(30(3,4)5)29(36)23(14-21)31(6,7)8/h13-14,28,36H,15-18H2,1-12H3. The van der Waals surface area contributed by atoms with Gasteiger partial charge in [-0.3, -0.25) is 9.59 Å². The number of benzene rings is 1. The summed E-state index contributed by atoms with van der Waals surface area (Å²) < 4.78 is 0. The Hall–Kier alpha value is -2.16. The summed E-state index contributed by atoms with van der Waals surface area (Å²) in [6, 6.07) is 4.13. The quantitative estimate of drug-likeness (QED) is 0.460. The summed E-state index contributed by atoms with van der Waals surface area (Å²) in [5.41, 5.74) is 5.67. The van der Waals surface area contributed by atoms with E-state index in [9.17, 15) is 14.7 Å². The molecule has 3 nitrogen and oxygen atoms in total. The van der Waals surface area contributed by atoms with Crippen molar-refractivity contribution in [2.45, 2.75) is 126 Å². The molecular formula is C33H48O3. The summed E-state index contributed by atoms with van der Waals surface area (Å²) in [5.74, 6) is 0.213. The van der Waals surface area contributed by atoms with Crippen molar-refractivity contribution < 1.29 is 14.7 Å². The van der Waals surface area contributed by atoms with Gasteiger partial charge in [0.25, 0.3) is 0 Å². The molecule has 3 rings (SSSR count). The highest BCUT2D eigenvalue weighted by molar-refractivity contribution is 6.05. The van der Waals surface area contributed by atoms with Crippen molar-refractivity contribution in [3.63, 3.8) is 0 Å².